The van der Waals surface area contributed by atoms with Gasteiger partial charge in [-0.2, -0.15) is 0 Å². The van der Waals surface area contributed by atoms with E-state index in [0.717, 1.165) is 32.6 Å². The third-order valence-corrected chi connectivity index (χ3v) is 4.70. The minimum atomic E-state index is 0.349. The zero-order valence-electron chi connectivity index (χ0n) is 10.7. The predicted molar refractivity (Wildman–Crippen MR) is 88.1 cm³/mol. The maximum Gasteiger partial charge on any atom is 0.129 e. The summed E-state index contributed by atoms with van der Waals surface area (Å²) in [5, 5.41) is 0.665. The van der Waals surface area contributed by atoms with Crippen LogP contribution in [-0.2, 0) is 5.88 Å². The van der Waals surface area contributed by atoms with Gasteiger partial charge in [-0.15, -0.1) is 11.6 Å². The molecule has 3 aromatic rings. The fourth-order valence-corrected chi connectivity index (χ4v) is 2.94. The maximum atomic E-state index is 6.20. The van der Waals surface area contributed by atoms with Crippen molar-refractivity contribution in [1.82, 2.24) is 9.55 Å². The van der Waals surface area contributed by atoms with Gasteiger partial charge in [0, 0.05) is 10.2 Å². The van der Waals surface area contributed by atoms with Crippen molar-refractivity contribution in [2.75, 3.05) is 0 Å². The van der Waals surface area contributed by atoms with E-state index in [1.165, 1.54) is 0 Å². The van der Waals surface area contributed by atoms with Crippen LogP contribution in [0.3, 0.4) is 0 Å². The minimum Gasteiger partial charge on any atom is -0.295 e. The summed E-state index contributed by atoms with van der Waals surface area (Å²) in [6.45, 7) is 2.07. The summed E-state index contributed by atoms with van der Waals surface area (Å²) >= 11 is 15.7. The molecule has 0 saturated heterocycles. The molecule has 5 heteroatoms. The molecule has 0 spiro atoms. The number of halogens is 3. The van der Waals surface area contributed by atoms with Crippen LogP contribution < -0.4 is 0 Å². The first kappa shape index (κ1) is 13.9. The zero-order valence-corrected chi connectivity index (χ0v) is 13.8. The highest BCUT2D eigenvalue weighted by atomic mass is 79.9. The summed E-state index contributed by atoms with van der Waals surface area (Å²) in [4.78, 5) is 4.60. The minimum absolute atomic E-state index is 0.349. The number of nitrogens with zero attached hydrogens (tertiary/aromatic N) is 2. The summed E-state index contributed by atoms with van der Waals surface area (Å²) in [5.41, 5.74) is 4.14. The first-order chi connectivity index (χ1) is 9.61. The zero-order chi connectivity index (χ0) is 14.3. The predicted octanol–water partition coefficient (Wildman–Crippen LogP) is 5.49. The van der Waals surface area contributed by atoms with Crippen LogP contribution in [0, 0.1) is 6.92 Å². The number of aryl methyl sites for hydroxylation is 1. The normalized spacial score (nSPS) is 11.2. The van der Waals surface area contributed by atoms with Gasteiger partial charge in [-0.05, 0) is 52.7 Å². The summed E-state index contributed by atoms with van der Waals surface area (Å²) in [6, 6.07) is 11.9. The molecule has 0 aliphatic heterocycles. The van der Waals surface area contributed by atoms with Gasteiger partial charge in [0.05, 0.1) is 21.9 Å². The Balaban J connectivity index is 2.36. The first-order valence-electron chi connectivity index (χ1n) is 6.10. The Morgan fingerprint density at radius 3 is 2.75 bits per heavy atom. The number of benzene rings is 2. The van der Waals surface area contributed by atoms with E-state index < -0.39 is 0 Å². The van der Waals surface area contributed by atoms with E-state index in [2.05, 4.69) is 38.5 Å². The molecule has 0 amide bonds. The SMILES string of the molecule is Cc1cccc2nc(CCl)n(-c3ccc(Br)c(Cl)c3)c12. The van der Waals surface area contributed by atoms with E-state index in [9.17, 15) is 0 Å². The molecule has 1 heterocycles. The number of rotatable bonds is 2. The van der Waals surface area contributed by atoms with Crippen molar-refractivity contribution < 1.29 is 0 Å². The highest BCUT2D eigenvalue weighted by Crippen LogP contribution is 2.29. The Morgan fingerprint density at radius 2 is 2.05 bits per heavy atom. The van der Waals surface area contributed by atoms with Gasteiger partial charge < -0.3 is 0 Å². The third kappa shape index (κ3) is 2.24. The second-order valence-corrected chi connectivity index (χ2v) is 6.07. The van der Waals surface area contributed by atoms with E-state index in [4.69, 9.17) is 23.2 Å². The number of aromatic nitrogens is 2. The van der Waals surface area contributed by atoms with Crippen molar-refractivity contribution in [3.63, 3.8) is 0 Å². The van der Waals surface area contributed by atoms with Crippen molar-refractivity contribution in [2.45, 2.75) is 12.8 Å². The lowest BCUT2D eigenvalue weighted by Gasteiger charge is -2.10. The molecule has 0 fully saturated rings. The fourth-order valence-electron chi connectivity index (χ4n) is 2.33. The molecule has 2 nitrogen and oxygen atoms in total. The molecule has 0 aliphatic rings. The number of alkyl halides is 1. The molecule has 0 saturated carbocycles. The molecule has 0 aliphatic carbocycles. The lowest BCUT2D eigenvalue weighted by molar-refractivity contribution is 0.979. The van der Waals surface area contributed by atoms with E-state index >= 15 is 0 Å². The van der Waals surface area contributed by atoms with Crippen LogP contribution in [0.5, 0.6) is 0 Å². The number of hydrogen-bond acceptors (Lipinski definition) is 1. The molecule has 20 heavy (non-hydrogen) atoms. The molecular formula is C15H11BrCl2N2. The van der Waals surface area contributed by atoms with E-state index in [1.807, 2.05) is 30.3 Å². The Morgan fingerprint density at radius 1 is 1.25 bits per heavy atom. The van der Waals surface area contributed by atoms with Gasteiger partial charge >= 0.3 is 0 Å². The van der Waals surface area contributed by atoms with Crippen molar-refractivity contribution in [2.24, 2.45) is 0 Å². The van der Waals surface area contributed by atoms with E-state index in [-0.39, 0.29) is 0 Å². The lowest BCUT2D eigenvalue weighted by atomic mass is 10.2. The van der Waals surface area contributed by atoms with Gasteiger partial charge in [-0.1, -0.05) is 23.7 Å². The molecule has 102 valence electrons. The summed E-state index contributed by atoms with van der Waals surface area (Å²) in [6.07, 6.45) is 0. The van der Waals surface area contributed by atoms with Crippen molar-refractivity contribution in [3.8, 4) is 5.69 Å². The molecule has 0 bridgehead atoms. The second kappa shape index (κ2) is 5.40. The molecular weight excluding hydrogens is 359 g/mol. The van der Waals surface area contributed by atoms with Gasteiger partial charge in [0.1, 0.15) is 5.82 Å². The number of imidazole rings is 1. The summed E-state index contributed by atoms with van der Waals surface area (Å²) in [5.74, 6) is 1.16. The smallest absolute Gasteiger partial charge is 0.129 e. The Hall–Kier alpha value is -1.03. The fraction of sp³-hybridized carbons (Fsp3) is 0.133. The lowest BCUT2D eigenvalue weighted by Crippen LogP contribution is -2.00. The van der Waals surface area contributed by atoms with Crippen LogP contribution in [0.25, 0.3) is 16.7 Å². The summed E-state index contributed by atoms with van der Waals surface area (Å²) in [7, 11) is 0. The molecule has 2 aromatic carbocycles. The average Bonchev–Trinajstić information content (AvgIpc) is 2.82. The average molecular weight is 370 g/mol. The van der Waals surface area contributed by atoms with Crippen LogP contribution >= 0.6 is 39.1 Å². The van der Waals surface area contributed by atoms with E-state index in [1.54, 1.807) is 0 Å². The molecule has 3 rings (SSSR count). The third-order valence-electron chi connectivity index (χ3n) is 3.23. The monoisotopic (exact) mass is 368 g/mol. The van der Waals surface area contributed by atoms with Crippen LogP contribution in [0.1, 0.15) is 11.4 Å². The van der Waals surface area contributed by atoms with Gasteiger partial charge in [0.15, 0.2) is 0 Å². The first-order valence-corrected chi connectivity index (χ1v) is 7.80. The molecule has 1 aromatic heterocycles. The van der Waals surface area contributed by atoms with Gasteiger partial charge in [-0.25, -0.2) is 4.98 Å². The molecule has 0 unspecified atom stereocenters. The molecule has 0 radical (unpaired) electrons. The van der Waals surface area contributed by atoms with E-state index in [0.29, 0.717) is 10.9 Å². The highest BCUT2D eigenvalue weighted by molar-refractivity contribution is 9.10. The largest absolute Gasteiger partial charge is 0.295 e. The molecule has 0 atom stereocenters. The quantitative estimate of drug-likeness (QED) is 0.546. The van der Waals surface area contributed by atoms with Gasteiger partial charge in [0.25, 0.3) is 0 Å². The van der Waals surface area contributed by atoms with Crippen LogP contribution in [0.2, 0.25) is 5.02 Å². The topological polar surface area (TPSA) is 17.8 Å². The molecule has 0 N–H and O–H groups in total. The van der Waals surface area contributed by atoms with Crippen LogP contribution in [-0.4, -0.2) is 9.55 Å². The second-order valence-electron chi connectivity index (χ2n) is 4.54. The van der Waals surface area contributed by atoms with Crippen molar-refractivity contribution in [3.05, 3.63) is 57.3 Å². The Kier molecular flexibility index (Phi) is 3.76. The Bertz CT molecular complexity index is 796. The summed E-state index contributed by atoms with van der Waals surface area (Å²) < 4.78 is 2.94. The number of para-hydroxylation sites is 1. The highest BCUT2D eigenvalue weighted by Gasteiger charge is 2.14. The van der Waals surface area contributed by atoms with Gasteiger partial charge in [0.2, 0.25) is 0 Å². The number of fused-ring (bicyclic) bond motifs is 1. The van der Waals surface area contributed by atoms with Crippen molar-refractivity contribution in [1.29, 1.82) is 0 Å². The van der Waals surface area contributed by atoms with Gasteiger partial charge in [-0.3, -0.25) is 4.57 Å². The van der Waals surface area contributed by atoms with Crippen molar-refractivity contribution >= 4 is 50.2 Å². The maximum absolute atomic E-state index is 6.20. The standard InChI is InChI=1S/C15H11BrCl2N2/c1-9-3-2-4-13-15(9)20(14(8-17)19-13)10-5-6-11(16)12(18)7-10/h2-7H,8H2,1H3. The van der Waals surface area contributed by atoms with Crippen LogP contribution in [0.4, 0.5) is 0 Å². The Labute approximate surface area is 135 Å². The number of hydrogen-bond donors (Lipinski definition) is 0. The van der Waals surface area contributed by atoms with Crippen LogP contribution in [0.15, 0.2) is 40.9 Å².